The van der Waals surface area contributed by atoms with E-state index in [-0.39, 0.29) is 0 Å². The molecular formula is C21H23NO. The van der Waals surface area contributed by atoms with Gasteiger partial charge in [-0.15, -0.1) is 0 Å². The predicted octanol–water partition coefficient (Wildman–Crippen LogP) is 5.58. The topological polar surface area (TPSA) is 33.0 Å². The molecule has 2 nitrogen and oxygen atoms in total. The fourth-order valence-electron chi connectivity index (χ4n) is 2.56. The number of hydrogen-bond donors (Lipinski definition) is 0. The van der Waals surface area contributed by atoms with Gasteiger partial charge in [0, 0.05) is 0 Å². The molecule has 0 heterocycles. The smallest absolute Gasteiger partial charge is 0.123 e. The van der Waals surface area contributed by atoms with Crippen LogP contribution in [0.25, 0.3) is 11.6 Å². The molecule has 0 aromatic heterocycles. The summed E-state index contributed by atoms with van der Waals surface area (Å²) in [6, 6.07) is 16.3. The molecule has 0 unspecified atom stereocenters. The lowest BCUT2D eigenvalue weighted by Crippen LogP contribution is -2.00. The summed E-state index contributed by atoms with van der Waals surface area (Å²) in [5.74, 6) is 1.31. The van der Waals surface area contributed by atoms with E-state index in [2.05, 4.69) is 39.0 Å². The molecule has 23 heavy (non-hydrogen) atoms. The molecule has 2 heteroatoms. The average Bonchev–Trinajstić information content (AvgIpc) is 2.55. The van der Waals surface area contributed by atoms with Crippen LogP contribution in [0.1, 0.15) is 48.9 Å². The first-order valence-corrected chi connectivity index (χ1v) is 8.01. The monoisotopic (exact) mass is 305 g/mol. The predicted molar refractivity (Wildman–Crippen MR) is 96.4 cm³/mol. The minimum absolute atomic E-state index is 0.367. The van der Waals surface area contributed by atoms with Gasteiger partial charge in [-0.2, -0.15) is 5.26 Å². The molecule has 0 aliphatic rings. The average molecular weight is 305 g/mol. The number of nitrogens with zero attached hydrogens (tertiary/aromatic N) is 1. The minimum atomic E-state index is 0.367. The fraction of sp³-hybridized carbons (Fsp3) is 0.286. The minimum Gasteiger partial charge on any atom is -0.494 e. The number of rotatable bonds is 5. The van der Waals surface area contributed by atoms with Crippen LogP contribution >= 0.6 is 0 Å². The fourth-order valence-corrected chi connectivity index (χ4v) is 2.56. The normalized spacial score (nSPS) is 11.4. The van der Waals surface area contributed by atoms with Gasteiger partial charge in [0.2, 0.25) is 0 Å². The van der Waals surface area contributed by atoms with Crippen LogP contribution in [0.4, 0.5) is 0 Å². The van der Waals surface area contributed by atoms with Crippen molar-refractivity contribution < 1.29 is 4.74 Å². The quantitative estimate of drug-likeness (QED) is 0.533. The zero-order valence-corrected chi connectivity index (χ0v) is 14.3. The first-order valence-electron chi connectivity index (χ1n) is 8.01. The second-order valence-electron chi connectivity index (χ2n) is 5.87. The summed E-state index contributed by atoms with van der Waals surface area (Å²) in [5, 5.41) is 9.51. The van der Waals surface area contributed by atoms with Crippen molar-refractivity contribution in [1.29, 1.82) is 5.26 Å². The van der Waals surface area contributed by atoms with Crippen LogP contribution < -0.4 is 4.74 Å². The summed E-state index contributed by atoms with van der Waals surface area (Å²) in [4.78, 5) is 0. The van der Waals surface area contributed by atoms with Gasteiger partial charge in [-0.1, -0.05) is 44.2 Å². The molecule has 0 N–H and O–H groups in total. The summed E-state index contributed by atoms with van der Waals surface area (Å²) < 4.78 is 5.76. The van der Waals surface area contributed by atoms with Gasteiger partial charge in [0.25, 0.3) is 0 Å². The Balaban J connectivity index is 2.53. The van der Waals surface area contributed by atoms with Crippen LogP contribution in [0.15, 0.2) is 42.5 Å². The molecule has 2 rings (SSSR count). The van der Waals surface area contributed by atoms with Gasteiger partial charge in [-0.25, -0.2) is 0 Å². The van der Waals surface area contributed by atoms with Crippen molar-refractivity contribution in [3.63, 3.8) is 0 Å². The first kappa shape index (κ1) is 16.8. The van der Waals surface area contributed by atoms with E-state index in [4.69, 9.17) is 4.74 Å². The molecule has 0 atom stereocenters. The molecule has 118 valence electrons. The van der Waals surface area contributed by atoms with Gasteiger partial charge in [0.1, 0.15) is 5.75 Å². The maximum atomic E-state index is 9.51. The van der Waals surface area contributed by atoms with Crippen LogP contribution in [0.3, 0.4) is 0 Å². The molecule has 0 aliphatic carbocycles. The molecule has 0 amide bonds. The maximum Gasteiger partial charge on any atom is 0.123 e. The molecule has 0 saturated carbocycles. The standard InChI is InChI=1S/C21H23NO/c1-5-23-21-11-16(4)18(13-20(21)15(2)3)12-19(14-22)17-9-7-6-8-10-17/h6-13,15H,5H2,1-4H3. The van der Waals surface area contributed by atoms with E-state index in [9.17, 15) is 5.26 Å². The van der Waals surface area contributed by atoms with Crippen molar-refractivity contribution in [1.82, 2.24) is 0 Å². The molecule has 0 radical (unpaired) electrons. The van der Waals surface area contributed by atoms with Crippen molar-refractivity contribution in [2.75, 3.05) is 6.61 Å². The lowest BCUT2D eigenvalue weighted by molar-refractivity contribution is 0.335. The Hall–Kier alpha value is -2.53. The van der Waals surface area contributed by atoms with Gasteiger partial charge < -0.3 is 4.74 Å². The Kier molecular flexibility index (Phi) is 5.60. The molecule has 0 spiro atoms. The Morgan fingerprint density at radius 3 is 2.48 bits per heavy atom. The van der Waals surface area contributed by atoms with Crippen molar-refractivity contribution in [3.05, 3.63) is 64.7 Å². The Labute approximate surface area is 139 Å². The van der Waals surface area contributed by atoms with Gasteiger partial charge in [0.05, 0.1) is 18.2 Å². The second kappa shape index (κ2) is 7.65. The van der Waals surface area contributed by atoms with Crippen molar-refractivity contribution >= 4 is 11.6 Å². The van der Waals surface area contributed by atoms with Crippen molar-refractivity contribution in [2.45, 2.75) is 33.6 Å². The molecule has 0 aliphatic heterocycles. The number of allylic oxidation sites excluding steroid dienone is 1. The van der Waals surface area contributed by atoms with Crippen LogP contribution in [0.5, 0.6) is 5.75 Å². The third kappa shape index (κ3) is 4.02. The van der Waals surface area contributed by atoms with Gasteiger partial charge in [-0.05, 0) is 60.2 Å². The van der Waals surface area contributed by atoms with E-state index in [0.717, 1.165) is 22.4 Å². The second-order valence-corrected chi connectivity index (χ2v) is 5.87. The first-order chi connectivity index (χ1) is 11.1. The van der Waals surface area contributed by atoms with E-state index < -0.39 is 0 Å². The number of nitriles is 1. The van der Waals surface area contributed by atoms with Gasteiger partial charge in [0.15, 0.2) is 0 Å². The van der Waals surface area contributed by atoms with Gasteiger partial charge >= 0.3 is 0 Å². The summed E-state index contributed by atoms with van der Waals surface area (Å²) >= 11 is 0. The molecule has 0 fully saturated rings. The highest BCUT2D eigenvalue weighted by Gasteiger charge is 2.11. The lowest BCUT2D eigenvalue weighted by atomic mass is 9.94. The number of ether oxygens (including phenoxy) is 1. The number of aryl methyl sites for hydroxylation is 1. The van der Waals surface area contributed by atoms with Crippen LogP contribution in [-0.4, -0.2) is 6.61 Å². The Morgan fingerprint density at radius 2 is 1.91 bits per heavy atom. The molecule has 0 bridgehead atoms. The highest BCUT2D eigenvalue weighted by atomic mass is 16.5. The maximum absolute atomic E-state index is 9.51. The summed E-state index contributed by atoms with van der Waals surface area (Å²) in [7, 11) is 0. The molecule has 0 saturated heterocycles. The van der Waals surface area contributed by atoms with Crippen molar-refractivity contribution in [2.24, 2.45) is 0 Å². The molecule has 2 aromatic carbocycles. The van der Waals surface area contributed by atoms with E-state index in [1.54, 1.807) is 0 Å². The van der Waals surface area contributed by atoms with Crippen molar-refractivity contribution in [3.8, 4) is 11.8 Å². The van der Waals surface area contributed by atoms with E-state index >= 15 is 0 Å². The van der Waals surface area contributed by atoms with Gasteiger partial charge in [-0.3, -0.25) is 0 Å². The zero-order valence-electron chi connectivity index (χ0n) is 14.3. The van der Waals surface area contributed by atoms with E-state index in [0.29, 0.717) is 18.1 Å². The Morgan fingerprint density at radius 1 is 1.22 bits per heavy atom. The molecular weight excluding hydrogens is 282 g/mol. The summed E-state index contributed by atoms with van der Waals surface area (Å²) in [6.45, 7) is 9.02. The van der Waals surface area contributed by atoms with E-state index in [1.165, 1.54) is 5.56 Å². The summed E-state index contributed by atoms with van der Waals surface area (Å²) in [6.07, 6.45) is 1.96. The SMILES string of the molecule is CCOc1cc(C)c(C=C(C#N)c2ccccc2)cc1C(C)C. The lowest BCUT2D eigenvalue weighted by Gasteiger charge is -2.16. The Bertz CT molecular complexity index is 736. The van der Waals surface area contributed by atoms with Crippen LogP contribution in [-0.2, 0) is 0 Å². The third-order valence-electron chi connectivity index (χ3n) is 3.83. The van der Waals surface area contributed by atoms with E-state index in [1.807, 2.05) is 43.3 Å². The van der Waals surface area contributed by atoms with Crippen LogP contribution in [0.2, 0.25) is 0 Å². The summed E-state index contributed by atoms with van der Waals surface area (Å²) in [5.41, 5.74) is 4.97. The third-order valence-corrected chi connectivity index (χ3v) is 3.83. The largest absolute Gasteiger partial charge is 0.494 e. The zero-order chi connectivity index (χ0) is 16.8. The highest BCUT2D eigenvalue weighted by Crippen LogP contribution is 2.31. The van der Waals surface area contributed by atoms with Crippen LogP contribution in [0, 0.1) is 18.3 Å². The number of hydrogen-bond acceptors (Lipinski definition) is 2. The number of benzene rings is 2. The molecule has 2 aromatic rings. The highest BCUT2D eigenvalue weighted by molar-refractivity contribution is 5.90.